The second-order valence-electron chi connectivity index (χ2n) is 6.71. The maximum absolute atomic E-state index is 12.8. The van der Waals surface area contributed by atoms with Crippen molar-refractivity contribution in [2.24, 2.45) is 0 Å². The highest BCUT2D eigenvalue weighted by atomic mass is 32.2. The van der Waals surface area contributed by atoms with Gasteiger partial charge in [0.25, 0.3) is 5.91 Å². The Hall–Kier alpha value is -3.64. The number of benzene rings is 2. The van der Waals surface area contributed by atoms with E-state index in [-0.39, 0.29) is 23.9 Å². The van der Waals surface area contributed by atoms with Gasteiger partial charge in [0.1, 0.15) is 11.5 Å². The van der Waals surface area contributed by atoms with Gasteiger partial charge >= 0.3 is 11.9 Å². The third-order valence-electron chi connectivity index (χ3n) is 4.74. The first-order valence-corrected chi connectivity index (χ1v) is 11.1. The van der Waals surface area contributed by atoms with Crippen molar-refractivity contribution in [3.8, 4) is 11.5 Å². The van der Waals surface area contributed by atoms with E-state index in [1.54, 1.807) is 48.4 Å². The van der Waals surface area contributed by atoms with E-state index in [4.69, 9.17) is 29.3 Å². The second-order valence-corrected chi connectivity index (χ2v) is 8.65. The highest BCUT2D eigenvalue weighted by Crippen LogP contribution is 2.21. The van der Waals surface area contributed by atoms with Crippen molar-refractivity contribution in [3.63, 3.8) is 0 Å². The van der Waals surface area contributed by atoms with Gasteiger partial charge in [0.05, 0.1) is 19.1 Å². The Bertz CT molecular complexity index is 1060. The molecule has 0 unspecified atom stereocenters. The minimum absolute atomic E-state index is 0.112. The first kappa shape index (κ1) is 25.6. The quantitative estimate of drug-likeness (QED) is 0.597. The summed E-state index contributed by atoms with van der Waals surface area (Å²) >= 11 is 0. The van der Waals surface area contributed by atoms with Crippen LogP contribution in [0.3, 0.4) is 0 Å². The van der Waals surface area contributed by atoms with Crippen LogP contribution in [0.1, 0.15) is 10.4 Å². The number of rotatable bonds is 5. The van der Waals surface area contributed by atoms with Gasteiger partial charge in [-0.25, -0.2) is 18.0 Å². The molecule has 1 amide bonds. The molecule has 0 spiro atoms. The lowest BCUT2D eigenvalue weighted by Crippen LogP contribution is -2.50. The van der Waals surface area contributed by atoms with Crippen LogP contribution in [0.2, 0.25) is 0 Å². The van der Waals surface area contributed by atoms with E-state index < -0.39 is 22.0 Å². The molecule has 1 aliphatic heterocycles. The molecule has 11 nitrogen and oxygen atoms in total. The Morgan fingerprint density at radius 1 is 0.758 bits per heavy atom. The molecule has 33 heavy (non-hydrogen) atoms. The molecule has 0 bridgehead atoms. The summed E-state index contributed by atoms with van der Waals surface area (Å²) in [5.74, 6) is -2.48. The van der Waals surface area contributed by atoms with Gasteiger partial charge in [0, 0.05) is 31.7 Å². The number of aliphatic carboxylic acids is 2. The van der Waals surface area contributed by atoms with Gasteiger partial charge in [-0.3, -0.25) is 4.79 Å². The van der Waals surface area contributed by atoms with Gasteiger partial charge in [0.2, 0.25) is 10.0 Å². The molecule has 3 rings (SSSR count). The number of piperazine rings is 1. The molecule has 0 saturated carbocycles. The number of hydrogen-bond acceptors (Lipinski definition) is 7. The fourth-order valence-electron chi connectivity index (χ4n) is 2.94. The van der Waals surface area contributed by atoms with Crippen LogP contribution in [0, 0.1) is 0 Å². The first-order valence-electron chi connectivity index (χ1n) is 9.64. The SMILES string of the molecule is COc1ccc(C(=O)N2CCN(S(=O)(=O)c3ccc(OC)cc3)CC2)cc1.O=C(O)C(=O)O. The Morgan fingerprint density at radius 2 is 1.18 bits per heavy atom. The van der Waals surface area contributed by atoms with Gasteiger partial charge in [-0.2, -0.15) is 4.31 Å². The van der Waals surface area contributed by atoms with Gasteiger partial charge < -0.3 is 24.6 Å². The highest BCUT2D eigenvalue weighted by molar-refractivity contribution is 7.89. The average molecular weight is 480 g/mol. The molecule has 0 atom stereocenters. The van der Waals surface area contributed by atoms with E-state index in [0.29, 0.717) is 30.2 Å². The van der Waals surface area contributed by atoms with Crippen molar-refractivity contribution >= 4 is 27.9 Å². The minimum atomic E-state index is -3.59. The number of carboxylic acids is 2. The van der Waals surface area contributed by atoms with E-state index in [9.17, 15) is 13.2 Å². The molecule has 1 saturated heterocycles. The summed E-state index contributed by atoms with van der Waals surface area (Å²) in [6.07, 6.45) is 0. The summed E-state index contributed by atoms with van der Waals surface area (Å²) < 4.78 is 37.1. The normalized spacial score (nSPS) is 13.9. The second kappa shape index (κ2) is 11.3. The molecular weight excluding hydrogens is 456 g/mol. The summed E-state index contributed by atoms with van der Waals surface area (Å²) in [4.78, 5) is 32.7. The summed E-state index contributed by atoms with van der Waals surface area (Å²) in [7, 11) is -0.487. The van der Waals surface area contributed by atoms with Crippen molar-refractivity contribution in [1.29, 1.82) is 0 Å². The third-order valence-corrected chi connectivity index (χ3v) is 6.66. The van der Waals surface area contributed by atoms with Crippen molar-refractivity contribution in [2.45, 2.75) is 4.90 Å². The summed E-state index contributed by atoms with van der Waals surface area (Å²) in [5.41, 5.74) is 0.558. The van der Waals surface area contributed by atoms with Gasteiger partial charge in [-0.15, -0.1) is 0 Å². The number of carbonyl (C=O) groups is 3. The summed E-state index contributed by atoms with van der Waals surface area (Å²) in [5, 5.41) is 14.8. The molecule has 178 valence electrons. The maximum atomic E-state index is 12.8. The van der Waals surface area contributed by atoms with Crippen LogP contribution in [0.4, 0.5) is 0 Å². The highest BCUT2D eigenvalue weighted by Gasteiger charge is 2.30. The van der Waals surface area contributed by atoms with E-state index in [1.807, 2.05) is 0 Å². The van der Waals surface area contributed by atoms with Crippen LogP contribution in [-0.2, 0) is 19.6 Å². The Labute approximate surface area is 190 Å². The number of hydrogen-bond donors (Lipinski definition) is 2. The molecule has 1 fully saturated rings. The topological polar surface area (TPSA) is 151 Å². The number of carboxylic acid groups (broad SMARTS) is 2. The molecule has 0 aliphatic carbocycles. The van der Waals surface area contributed by atoms with E-state index in [0.717, 1.165) is 0 Å². The van der Waals surface area contributed by atoms with Crippen LogP contribution in [-0.4, -0.2) is 86.1 Å². The van der Waals surface area contributed by atoms with E-state index in [1.165, 1.54) is 23.5 Å². The zero-order chi connectivity index (χ0) is 24.6. The van der Waals surface area contributed by atoms with Crippen molar-refractivity contribution < 1.29 is 42.5 Å². The van der Waals surface area contributed by atoms with Gasteiger partial charge in [0.15, 0.2) is 0 Å². The van der Waals surface area contributed by atoms with Crippen molar-refractivity contribution in [2.75, 3.05) is 40.4 Å². The summed E-state index contributed by atoms with van der Waals surface area (Å²) in [6, 6.07) is 13.2. The van der Waals surface area contributed by atoms with Crippen LogP contribution in [0.5, 0.6) is 11.5 Å². The molecule has 2 aromatic carbocycles. The van der Waals surface area contributed by atoms with Crippen LogP contribution >= 0.6 is 0 Å². The van der Waals surface area contributed by atoms with Crippen LogP contribution < -0.4 is 9.47 Å². The monoisotopic (exact) mass is 480 g/mol. The minimum Gasteiger partial charge on any atom is -0.497 e. The lowest BCUT2D eigenvalue weighted by molar-refractivity contribution is -0.159. The fourth-order valence-corrected chi connectivity index (χ4v) is 4.37. The number of nitrogens with zero attached hydrogens (tertiary/aromatic N) is 2. The number of amides is 1. The molecule has 1 heterocycles. The lowest BCUT2D eigenvalue weighted by atomic mass is 10.2. The molecule has 12 heteroatoms. The van der Waals surface area contributed by atoms with Gasteiger partial charge in [-0.1, -0.05) is 0 Å². The number of sulfonamides is 1. The Morgan fingerprint density at radius 3 is 1.58 bits per heavy atom. The molecule has 0 aromatic heterocycles. The largest absolute Gasteiger partial charge is 0.497 e. The summed E-state index contributed by atoms with van der Waals surface area (Å²) in [6.45, 7) is 1.22. The zero-order valence-electron chi connectivity index (χ0n) is 18.0. The lowest BCUT2D eigenvalue weighted by Gasteiger charge is -2.34. The number of carbonyl (C=O) groups excluding carboxylic acids is 1. The smallest absolute Gasteiger partial charge is 0.414 e. The number of ether oxygens (including phenoxy) is 2. The standard InChI is InChI=1S/C19H22N2O5S.C2H2O4/c1-25-16-5-3-15(4-6-16)19(22)20-11-13-21(14-12-20)27(23,24)18-9-7-17(26-2)8-10-18;3-1(4)2(5)6/h3-10H,11-14H2,1-2H3;(H,3,4)(H,5,6). The third kappa shape index (κ3) is 6.67. The molecule has 0 radical (unpaired) electrons. The molecule has 1 aliphatic rings. The van der Waals surface area contributed by atoms with Crippen LogP contribution in [0.25, 0.3) is 0 Å². The van der Waals surface area contributed by atoms with E-state index in [2.05, 4.69) is 0 Å². The molecule has 2 N–H and O–H groups in total. The predicted molar refractivity (Wildman–Crippen MR) is 116 cm³/mol. The zero-order valence-corrected chi connectivity index (χ0v) is 18.8. The fraction of sp³-hybridized carbons (Fsp3) is 0.286. The maximum Gasteiger partial charge on any atom is 0.414 e. The predicted octanol–water partition coefficient (Wildman–Crippen LogP) is 1.01. The van der Waals surface area contributed by atoms with Crippen LogP contribution in [0.15, 0.2) is 53.4 Å². The van der Waals surface area contributed by atoms with Crippen molar-refractivity contribution in [3.05, 3.63) is 54.1 Å². The van der Waals surface area contributed by atoms with E-state index >= 15 is 0 Å². The first-order chi connectivity index (χ1) is 15.6. The van der Waals surface area contributed by atoms with Gasteiger partial charge in [-0.05, 0) is 48.5 Å². The Kier molecular flexibility index (Phi) is 8.77. The van der Waals surface area contributed by atoms with Crippen molar-refractivity contribution in [1.82, 2.24) is 9.21 Å². The average Bonchev–Trinajstić information content (AvgIpc) is 2.84. The molecular formula is C21H24N2O9S. The number of methoxy groups -OCH3 is 2. The Balaban J connectivity index is 0.000000569. The molecule has 2 aromatic rings.